The number of fused-ring (bicyclic) bond motifs is 1. The molecule has 51 heavy (non-hydrogen) atoms. The van der Waals surface area contributed by atoms with Crippen molar-refractivity contribution < 1.29 is 14.3 Å². The van der Waals surface area contributed by atoms with Crippen LogP contribution in [-0.2, 0) is 22.7 Å². The maximum atomic E-state index is 13.3. The molecule has 7 rings (SSSR count). The van der Waals surface area contributed by atoms with Crippen LogP contribution >= 0.6 is 23.2 Å². The van der Waals surface area contributed by atoms with Gasteiger partial charge in [0.25, 0.3) is 5.56 Å². The summed E-state index contributed by atoms with van der Waals surface area (Å²) in [5.41, 5.74) is 6.23. The van der Waals surface area contributed by atoms with Crippen LogP contribution in [0.5, 0.6) is 5.88 Å². The number of pyridine rings is 2. The molecule has 0 saturated carbocycles. The van der Waals surface area contributed by atoms with Gasteiger partial charge in [-0.3, -0.25) is 18.8 Å². The van der Waals surface area contributed by atoms with E-state index in [-0.39, 0.29) is 29.3 Å². The van der Waals surface area contributed by atoms with Crippen LogP contribution in [0.2, 0.25) is 10.0 Å². The van der Waals surface area contributed by atoms with Gasteiger partial charge in [0.1, 0.15) is 5.65 Å². The lowest BCUT2D eigenvalue weighted by Crippen LogP contribution is -2.35. The van der Waals surface area contributed by atoms with Gasteiger partial charge in [0.2, 0.25) is 17.7 Å². The predicted octanol–water partition coefficient (Wildman–Crippen LogP) is 5.00. The van der Waals surface area contributed by atoms with Crippen molar-refractivity contribution in [3.63, 3.8) is 0 Å². The Morgan fingerprint density at radius 2 is 1.61 bits per heavy atom. The second kappa shape index (κ2) is 15.2. The number of rotatable bonds is 12. The van der Waals surface area contributed by atoms with Gasteiger partial charge in [0, 0.05) is 97.4 Å². The molecule has 2 saturated heterocycles. The zero-order chi connectivity index (χ0) is 35.5. The van der Waals surface area contributed by atoms with Crippen LogP contribution in [0.1, 0.15) is 30.4 Å². The summed E-state index contributed by atoms with van der Waals surface area (Å²) in [6.45, 7) is 2.86. The molecule has 0 radical (unpaired) electrons. The largest absolute Gasteiger partial charge is 0.481 e. The number of carbonyl (C=O) groups excluding carboxylic acids is 2. The molecule has 5 heterocycles. The number of hydrogen-bond acceptors (Lipinski definition) is 8. The zero-order valence-corrected chi connectivity index (χ0v) is 29.5. The average Bonchev–Trinajstić information content (AvgIpc) is 3.76. The maximum absolute atomic E-state index is 13.3. The van der Waals surface area contributed by atoms with Crippen molar-refractivity contribution in [1.82, 2.24) is 35.6 Å². The van der Waals surface area contributed by atoms with E-state index in [0.29, 0.717) is 78.4 Å². The van der Waals surface area contributed by atoms with E-state index in [2.05, 4.69) is 26.3 Å². The van der Waals surface area contributed by atoms with Crippen molar-refractivity contribution in [3.05, 3.63) is 105 Å². The molecule has 2 unspecified atom stereocenters. The van der Waals surface area contributed by atoms with E-state index in [0.717, 1.165) is 39.8 Å². The lowest BCUT2D eigenvalue weighted by atomic mass is 9.97. The second-order valence-electron chi connectivity index (χ2n) is 12.9. The Kier molecular flexibility index (Phi) is 10.3. The highest BCUT2D eigenvalue weighted by Crippen LogP contribution is 2.42. The lowest BCUT2D eigenvalue weighted by Gasteiger charge is -2.16. The quantitative estimate of drug-likeness (QED) is 0.141. The number of hydrogen-bond donors (Lipinski definition) is 4. The van der Waals surface area contributed by atoms with Crippen LogP contribution in [-0.4, -0.2) is 59.0 Å². The van der Waals surface area contributed by atoms with Crippen molar-refractivity contribution in [2.45, 2.75) is 38.4 Å². The Hall–Kier alpha value is -4.81. The Balaban J connectivity index is 1.10. The first-order valence-corrected chi connectivity index (χ1v) is 17.6. The number of aromatic nitrogens is 3. The smallest absolute Gasteiger partial charge is 0.262 e. The number of methoxy groups -OCH3 is 1. The van der Waals surface area contributed by atoms with Crippen LogP contribution in [0.15, 0.2) is 77.9 Å². The van der Waals surface area contributed by atoms with Crippen molar-refractivity contribution in [2.24, 2.45) is 5.92 Å². The third kappa shape index (κ3) is 7.48. The van der Waals surface area contributed by atoms with E-state index in [1.165, 1.54) is 4.40 Å². The van der Waals surface area contributed by atoms with Gasteiger partial charge >= 0.3 is 0 Å². The topological polar surface area (TPSA) is 139 Å². The summed E-state index contributed by atoms with van der Waals surface area (Å²) in [6.07, 6.45) is 5.20. The minimum absolute atomic E-state index is 0.0607. The molecule has 0 spiro atoms. The lowest BCUT2D eigenvalue weighted by molar-refractivity contribution is -0.120. The molecule has 2 amide bonds. The predicted molar refractivity (Wildman–Crippen MR) is 198 cm³/mol. The van der Waals surface area contributed by atoms with Gasteiger partial charge in [0.05, 0.1) is 22.8 Å². The van der Waals surface area contributed by atoms with E-state index < -0.39 is 0 Å². The normalized spacial score (nSPS) is 17.2. The third-order valence-electron chi connectivity index (χ3n) is 9.39. The van der Waals surface area contributed by atoms with Gasteiger partial charge in [-0.2, -0.15) is 0 Å². The highest BCUT2D eigenvalue weighted by atomic mass is 35.5. The Morgan fingerprint density at radius 3 is 2.33 bits per heavy atom. The molecule has 11 nitrogen and oxygen atoms in total. The van der Waals surface area contributed by atoms with Gasteiger partial charge in [-0.15, -0.1) is 0 Å². The first kappa shape index (κ1) is 34.6. The number of nitrogens with zero attached hydrogens (tertiary/aromatic N) is 3. The second-order valence-corrected chi connectivity index (χ2v) is 13.6. The molecule has 4 N–H and O–H groups in total. The third-order valence-corrected chi connectivity index (χ3v) is 10.2. The summed E-state index contributed by atoms with van der Waals surface area (Å²) < 4.78 is 7.17. The number of nitrogens with one attached hydrogen (secondary N) is 4. The first-order valence-electron chi connectivity index (χ1n) is 16.9. The molecule has 2 fully saturated rings. The fraction of sp³-hybridized carbons (Fsp3) is 0.289. The summed E-state index contributed by atoms with van der Waals surface area (Å²) in [5.74, 6) is 0.859. The van der Waals surface area contributed by atoms with E-state index >= 15 is 0 Å². The van der Waals surface area contributed by atoms with E-state index in [1.54, 1.807) is 19.5 Å². The van der Waals surface area contributed by atoms with Crippen LogP contribution < -0.4 is 31.6 Å². The Bertz CT molecular complexity index is 2190. The van der Waals surface area contributed by atoms with Gasteiger partial charge in [0.15, 0.2) is 0 Å². The van der Waals surface area contributed by atoms with Crippen molar-refractivity contribution in [2.75, 3.05) is 26.7 Å². The minimum Gasteiger partial charge on any atom is -0.481 e. The van der Waals surface area contributed by atoms with E-state index in [9.17, 15) is 14.4 Å². The summed E-state index contributed by atoms with van der Waals surface area (Å²) in [6, 6.07) is 19.2. The first-order chi connectivity index (χ1) is 24.8. The van der Waals surface area contributed by atoms with Gasteiger partial charge in [-0.05, 0) is 36.1 Å². The van der Waals surface area contributed by atoms with Gasteiger partial charge in [-0.1, -0.05) is 65.7 Å². The van der Waals surface area contributed by atoms with E-state index in [1.807, 2.05) is 60.7 Å². The fourth-order valence-corrected chi connectivity index (χ4v) is 7.33. The SMILES string of the molecule is COc1nc(-c2cccc(-c3cccc(-c4ccn5c(=O)c(CNCC6CNC(=O)C6)cnc5c4)c3Cl)c2Cl)ccc1CNCC1CCC(=O)N1. The molecule has 262 valence electrons. The van der Waals surface area contributed by atoms with Crippen molar-refractivity contribution in [1.29, 1.82) is 0 Å². The molecule has 2 aromatic carbocycles. The number of halogens is 2. The van der Waals surface area contributed by atoms with Crippen LogP contribution in [0.3, 0.4) is 0 Å². The molecular weight excluding hydrogens is 689 g/mol. The molecule has 13 heteroatoms. The molecule has 2 atom stereocenters. The number of carbonyl (C=O) groups is 2. The summed E-state index contributed by atoms with van der Waals surface area (Å²) in [7, 11) is 1.59. The molecule has 0 bridgehead atoms. The van der Waals surface area contributed by atoms with Crippen LogP contribution in [0.4, 0.5) is 0 Å². The molecular formula is C38H37Cl2N7O4. The van der Waals surface area contributed by atoms with Crippen LogP contribution in [0, 0.1) is 5.92 Å². The minimum atomic E-state index is -0.156. The number of ether oxygens (including phenoxy) is 1. The summed E-state index contributed by atoms with van der Waals surface area (Å²) >= 11 is 14.2. The molecule has 5 aromatic rings. The number of benzene rings is 2. The molecule has 0 aliphatic carbocycles. The van der Waals surface area contributed by atoms with Gasteiger partial charge in [-0.25, -0.2) is 9.97 Å². The average molecular weight is 727 g/mol. The highest BCUT2D eigenvalue weighted by molar-refractivity contribution is 6.39. The zero-order valence-electron chi connectivity index (χ0n) is 28.0. The monoisotopic (exact) mass is 725 g/mol. The highest BCUT2D eigenvalue weighted by Gasteiger charge is 2.22. The summed E-state index contributed by atoms with van der Waals surface area (Å²) in [4.78, 5) is 45.6. The standard InChI is InChI=1S/C38H37Cl2N7O4/c1-51-37-24(18-42-21-26-9-11-33(48)45-26)8-10-31(46-37)30-7-3-6-29(36(30)40)28-5-2-4-27(35(28)39)23-12-13-47-32(15-23)43-20-25(38(47)50)19-41-16-22-14-34(49)44-17-22/h2-8,10,12-13,15,20,22,26,41-42H,9,11,14,16-19,21H2,1H3,(H,44,49)(H,45,48). The molecule has 2 aliphatic heterocycles. The Morgan fingerprint density at radius 1 is 0.882 bits per heavy atom. The molecule has 3 aromatic heterocycles. The molecule has 2 aliphatic rings. The van der Waals surface area contributed by atoms with Crippen molar-refractivity contribution >= 4 is 40.7 Å². The fourth-order valence-electron chi connectivity index (χ4n) is 6.66. The summed E-state index contributed by atoms with van der Waals surface area (Å²) in [5, 5.41) is 13.5. The number of amides is 2. The maximum Gasteiger partial charge on any atom is 0.262 e. The van der Waals surface area contributed by atoms with Gasteiger partial charge < -0.3 is 26.0 Å². The van der Waals surface area contributed by atoms with Crippen LogP contribution in [0.25, 0.3) is 39.2 Å². The Labute approximate surface area is 304 Å². The van der Waals surface area contributed by atoms with E-state index in [4.69, 9.17) is 32.9 Å². The van der Waals surface area contributed by atoms with Crippen molar-refractivity contribution in [3.8, 4) is 39.4 Å².